The molecule has 0 spiro atoms. The molecule has 2 fully saturated rings. The van der Waals surface area contributed by atoms with Crippen LogP contribution in [0.3, 0.4) is 0 Å². The second kappa shape index (κ2) is 8.70. The lowest BCUT2D eigenvalue weighted by atomic mass is 9.92. The molecule has 1 N–H and O–H groups in total. The lowest BCUT2D eigenvalue weighted by Gasteiger charge is -2.35. The van der Waals surface area contributed by atoms with Gasteiger partial charge in [-0.25, -0.2) is 0 Å². The van der Waals surface area contributed by atoms with E-state index in [1.165, 1.54) is 26.6 Å². The number of carbonyl (C=O) groups excluding carboxylic acids is 1. The number of guanidine groups is 1. The number of likely N-dealkylation sites (tertiary alicyclic amines) is 2. The Hall–Kier alpha value is -1.30. The minimum Gasteiger partial charge on any atom is -0.469 e. The molecule has 0 radical (unpaired) electrons. The molecule has 0 aromatic rings. The fourth-order valence-corrected chi connectivity index (χ4v) is 4.23. The number of carbonyl (C=O) groups is 1. The number of nitrogens with one attached hydrogen (secondary N) is 1. The van der Waals surface area contributed by atoms with Gasteiger partial charge in [-0.1, -0.05) is 20.8 Å². The minimum atomic E-state index is -0.114. The van der Waals surface area contributed by atoms with E-state index < -0.39 is 0 Å². The van der Waals surface area contributed by atoms with Crippen LogP contribution in [0.4, 0.5) is 0 Å². The Balaban J connectivity index is 1.80. The van der Waals surface area contributed by atoms with Crippen molar-refractivity contribution in [3.63, 3.8) is 0 Å². The molecule has 0 bridgehead atoms. The van der Waals surface area contributed by atoms with Gasteiger partial charge in [0.2, 0.25) is 0 Å². The first-order valence-electron chi connectivity index (χ1n) is 9.20. The highest BCUT2D eigenvalue weighted by atomic mass is 16.5. The largest absolute Gasteiger partial charge is 0.469 e. The van der Waals surface area contributed by atoms with E-state index in [0.717, 1.165) is 37.4 Å². The Morgan fingerprint density at radius 1 is 1.17 bits per heavy atom. The fourth-order valence-electron chi connectivity index (χ4n) is 4.23. The third-order valence-corrected chi connectivity index (χ3v) is 5.28. The molecule has 24 heavy (non-hydrogen) atoms. The zero-order chi connectivity index (χ0) is 17.7. The van der Waals surface area contributed by atoms with Crippen molar-refractivity contribution in [2.45, 2.75) is 27.2 Å². The molecule has 0 aliphatic carbocycles. The lowest BCUT2D eigenvalue weighted by Crippen LogP contribution is -2.46. The van der Waals surface area contributed by atoms with Crippen molar-refractivity contribution in [2.75, 3.05) is 53.4 Å². The van der Waals surface area contributed by atoms with Gasteiger partial charge in [0.25, 0.3) is 0 Å². The summed E-state index contributed by atoms with van der Waals surface area (Å²) in [6.45, 7) is 12.6. The van der Waals surface area contributed by atoms with E-state index in [2.05, 4.69) is 40.9 Å². The highest BCUT2D eigenvalue weighted by molar-refractivity contribution is 5.82. The van der Waals surface area contributed by atoms with Crippen LogP contribution in [-0.4, -0.2) is 75.2 Å². The van der Waals surface area contributed by atoms with E-state index in [9.17, 15) is 4.79 Å². The molecule has 138 valence electrons. The quantitative estimate of drug-likeness (QED) is 0.475. The average molecular weight is 338 g/mol. The second-order valence-electron chi connectivity index (χ2n) is 7.69. The van der Waals surface area contributed by atoms with Crippen LogP contribution in [0.5, 0.6) is 0 Å². The van der Waals surface area contributed by atoms with Gasteiger partial charge in [-0.15, -0.1) is 0 Å². The van der Waals surface area contributed by atoms with Gasteiger partial charge in [-0.2, -0.15) is 0 Å². The van der Waals surface area contributed by atoms with Gasteiger partial charge in [0.15, 0.2) is 5.96 Å². The molecule has 6 nitrogen and oxygen atoms in total. The van der Waals surface area contributed by atoms with Gasteiger partial charge in [0.05, 0.1) is 13.0 Å². The summed E-state index contributed by atoms with van der Waals surface area (Å²) < 4.78 is 4.91. The number of hydrogen-bond acceptors (Lipinski definition) is 4. The summed E-state index contributed by atoms with van der Waals surface area (Å²) in [7, 11) is 3.27. The number of hydrogen-bond donors (Lipinski definition) is 1. The molecule has 0 saturated carbocycles. The molecule has 2 rings (SSSR count). The third-order valence-electron chi connectivity index (χ3n) is 5.28. The molecule has 2 heterocycles. The molecule has 4 unspecified atom stereocenters. The number of piperidine rings is 1. The maximum Gasteiger partial charge on any atom is 0.310 e. The van der Waals surface area contributed by atoms with E-state index in [1.807, 2.05) is 7.05 Å². The molecular formula is C18H34N4O2. The normalized spacial score (nSPS) is 32.0. The standard InChI is InChI=1S/C18H34N4O2/c1-13-8-14(2)10-21(9-13)7-6-20-18(19-4)22-11-15(3)16(12-22)17(23)24-5/h13-16H,6-12H2,1-5H3,(H,19,20). The number of ether oxygens (including phenoxy) is 1. The Bertz CT molecular complexity index is 444. The van der Waals surface area contributed by atoms with Crippen molar-refractivity contribution >= 4 is 11.9 Å². The third kappa shape index (κ3) is 4.85. The molecule has 2 saturated heterocycles. The summed E-state index contributed by atoms with van der Waals surface area (Å²) in [4.78, 5) is 21.0. The molecule has 6 heteroatoms. The number of aliphatic imine (C=N–C) groups is 1. The molecule has 4 atom stereocenters. The second-order valence-corrected chi connectivity index (χ2v) is 7.69. The summed E-state index contributed by atoms with van der Waals surface area (Å²) in [6.07, 6.45) is 1.34. The smallest absolute Gasteiger partial charge is 0.310 e. The zero-order valence-electron chi connectivity index (χ0n) is 15.9. The predicted octanol–water partition coefficient (Wildman–Crippen LogP) is 1.28. The molecule has 2 aliphatic heterocycles. The van der Waals surface area contributed by atoms with Gasteiger partial charge >= 0.3 is 5.97 Å². The number of nitrogens with zero attached hydrogens (tertiary/aromatic N) is 3. The zero-order valence-corrected chi connectivity index (χ0v) is 15.9. The Labute approximate surface area is 146 Å². The number of esters is 1. The maximum absolute atomic E-state index is 11.8. The van der Waals surface area contributed by atoms with Gasteiger partial charge in [-0.05, 0) is 24.2 Å². The first-order valence-corrected chi connectivity index (χ1v) is 9.20. The van der Waals surface area contributed by atoms with E-state index in [4.69, 9.17) is 4.74 Å². The van der Waals surface area contributed by atoms with Crippen LogP contribution < -0.4 is 5.32 Å². The van der Waals surface area contributed by atoms with Crippen molar-refractivity contribution < 1.29 is 9.53 Å². The summed E-state index contributed by atoms with van der Waals surface area (Å²) >= 11 is 0. The fraction of sp³-hybridized carbons (Fsp3) is 0.889. The highest BCUT2D eigenvalue weighted by Gasteiger charge is 2.36. The molecule has 0 amide bonds. The summed E-state index contributed by atoms with van der Waals surface area (Å²) in [5, 5.41) is 3.47. The average Bonchev–Trinajstić information content (AvgIpc) is 2.91. The van der Waals surface area contributed by atoms with Gasteiger partial charge in [-0.3, -0.25) is 9.79 Å². The first-order chi connectivity index (χ1) is 11.4. The maximum atomic E-state index is 11.8. The summed E-state index contributed by atoms with van der Waals surface area (Å²) in [5.41, 5.74) is 0. The Morgan fingerprint density at radius 2 is 1.83 bits per heavy atom. The van der Waals surface area contributed by atoms with Crippen LogP contribution in [0.1, 0.15) is 27.2 Å². The van der Waals surface area contributed by atoms with Crippen molar-refractivity contribution in [3.05, 3.63) is 0 Å². The van der Waals surface area contributed by atoms with Crippen LogP contribution in [0.25, 0.3) is 0 Å². The lowest BCUT2D eigenvalue weighted by molar-refractivity contribution is -0.145. The van der Waals surface area contributed by atoms with Crippen LogP contribution in [0, 0.1) is 23.7 Å². The van der Waals surface area contributed by atoms with Crippen LogP contribution in [0.2, 0.25) is 0 Å². The number of methoxy groups -OCH3 is 1. The van der Waals surface area contributed by atoms with Crippen molar-refractivity contribution in [1.82, 2.24) is 15.1 Å². The molecule has 2 aliphatic rings. The van der Waals surface area contributed by atoms with Crippen molar-refractivity contribution in [3.8, 4) is 0 Å². The van der Waals surface area contributed by atoms with Crippen LogP contribution >= 0.6 is 0 Å². The molecule has 0 aromatic carbocycles. The Morgan fingerprint density at radius 3 is 2.42 bits per heavy atom. The van der Waals surface area contributed by atoms with E-state index >= 15 is 0 Å². The monoisotopic (exact) mass is 338 g/mol. The Kier molecular flexibility index (Phi) is 6.90. The highest BCUT2D eigenvalue weighted by Crippen LogP contribution is 2.24. The first kappa shape index (κ1) is 19.0. The summed E-state index contributed by atoms with van der Waals surface area (Å²) in [6, 6.07) is 0. The molecule has 0 aromatic heterocycles. The molecular weight excluding hydrogens is 304 g/mol. The van der Waals surface area contributed by atoms with E-state index in [0.29, 0.717) is 12.5 Å². The SMILES string of the molecule is CN=C(NCCN1CC(C)CC(C)C1)N1CC(C)C(C(=O)OC)C1. The minimum absolute atomic E-state index is 0.0580. The van der Waals surface area contributed by atoms with Crippen molar-refractivity contribution in [2.24, 2.45) is 28.7 Å². The summed E-state index contributed by atoms with van der Waals surface area (Å²) in [5.74, 6) is 2.59. The van der Waals surface area contributed by atoms with Gasteiger partial charge in [0, 0.05) is 46.3 Å². The van der Waals surface area contributed by atoms with Gasteiger partial charge in [0.1, 0.15) is 0 Å². The van der Waals surface area contributed by atoms with Crippen LogP contribution in [0.15, 0.2) is 4.99 Å². The topological polar surface area (TPSA) is 57.2 Å². The van der Waals surface area contributed by atoms with E-state index in [1.54, 1.807) is 0 Å². The van der Waals surface area contributed by atoms with Gasteiger partial charge < -0.3 is 19.9 Å². The predicted molar refractivity (Wildman–Crippen MR) is 97.0 cm³/mol. The van der Waals surface area contributed by atoms with Crippen LogP contribution in [-0.2, 0) is 9.53 Å². The van der Waals surface area contributed by atoms with E-state index in [-0.39, 0.29) is 11.9 Å². The van der Waals surface area contributed by atoms with Crippen molar-refractivity contribution in [1.29, 1.82) is 0 Å². The number of rotatable bonds is 4.